The Morgan fingerprint density at radius 3 is 2.68 bits per heavy atom. The number of H-pyrrole nitrogens is 1. The summed E-state index contributed by atoms with van der Waals surface area (Å²) >= 11 is 0. The number of aromatic nitrogens is 1. The largest absolute Gasteiger partial charge is 0.361 e. The van der Waals surface area contributed by atoms with E-state index in [9.17, 15) is 14.4 Å². The quantitative estimate of drug-likeness (QED) is 0.204. The zero-order chi connectivity index (χ0) is 20.5. The molecule has 0 saturated carbocycles. The number of hydroxylamine groups is 1. The maximum Gasteiger partial charge on any atom is 0.248 e. The predicted molar refractivity (Wildman–Crippen MR) is 105 cm³/mol. The first-order valence-electron chi connectivity index (χ1n) is 8.82. The number of likely N-dealkylation sites (N-methyl/N-ethyl adjacent to an activating group) is 1. The first-order valence-corrected chi connectivity index (χ1v) is 8.82. The van der Waals surface area contributed by atoms with Crippen LogP contribution in [0.25, 0.3) is 10.9 Å². The van der Waals surface area contributed by atoms with Gasteiger partial charge in [-0.1, -0.05) is 36.4 Å². The van der Waals surface area contributed by atoms with E-state index in [-0.39, 0.29) is 24.3 Å². The number of aromatic amines is 1. The lowest BCUT2D eigenvalue weighted by Gasteiger charge is -2.18. The second kappa shape index (κ2) is 10.1. The van der Waals surface area contributed by atoms with Crippen molar-refractivity contribution in [2.75, 3.05) is 7.05 Å². The van der Waals surface area contributed by atoms with Crippen LogP contribution in [0.4, 0.5) is 0 Å². The van der Waals surface area contributed by atoms with Crippen molar-refractivity contribution in [3.05, 3.63) is 59.8 Å². The van der Waals surface area contributed by atoms with Gasteiger partial charge < -0.3 is 15.6 Å². The Kier molecular flexibility index (Phi) is 7.53. The molecule has 1 atom stereocenters. The number of carbonyl (C=O) groups is 3. The maximum absolute atomic E-state index is 12.7. The van der Waals surface area contributed by atoms with Gasteiger partial charge in [0.1, 0.15) is 6.04 Å². The molecule has 5 N–H and O–H groups in total. The second-order valence-corrected chi connectivity index (χ2v) is 6.13. The third-order valence-corrected chi connectivity index (χ3v) is 4.22. The molecule has 2 aromatic rings. The molecule has 1 aromatic carbocycles. The summed E-state index contributed by atoms with van der Waals surface area (Å²) < 4.78 is 0. The monoisotopic (exact) mass is 384 g/mol. The summed E-state index contributed by atoms with van der Waals surface area (Å²) in [6.45, 7) is 1.77. The lowest BCUT2D eigenvalue weighted by molar-refractivity contribution is -0.130. The molecule has 0 unspecified atom stereocenters. The third-order valence-electron chi connectivity index (χ3n) is 4.22. The molecule has 0 saturated heterocycles. The molecule has 0 aliphatic heterocycles. The average Bonchev–Trinajstić information content (AvgIpc) is 3.12. The van der Waals surface area contributed by atoms with Crippen LogP contribution in [-0.2, 0) is 20.8 Å². The molecule has 1 aromatic heterocycles. The molecule has 28 heavy (non-hydrogen) atoms. The minimum absolute atomic E-state index is 0.123. The van der Waals surface area contributed by atoms with Crippen LogP contribution in [0.1, 0.15) is 18.9 Å². The minimum Gasteiger partial charge on any atom is -0.361 e. The molecule has 0 bridgehead atoms. The maximum atomic E-state index is 12.7. The van der Waals surface area contributed by atoms with Crippen LogP contribution < -0.4 is 16.1 Å². The van der Waals surface area contributed by atoms with Crippen molar-refractivity contribution >= 4 is 28.6 Å². The second-order valence-electron chi connectivity index (χ2n) is 6.13. The van der Waals surface area contributed by atoms with Gasteiger partial charge in [-0.3, -0.25) is 19.6 Å². The summed E-state index contributed by atoms with van der Waals surface area (Å²) in [5.41, 5.74) is 3.45. The van der Waals surface area contributed by atoms with Crippen LogP contribution in [0, 0.1) is 0 Å². The predicted octanol–water partition coefficient (Wildman–Crippen LogP) is 1.34. The fraction of sp³-hybridized carbons (Fsp3) is 0.250. The zero-order valence-electron chi connectivity index (χ0n) is 15.8. The molecule has 1 heterocycles. The van der Waals surface area contributed by atoms with Crippen molar-refractivity contribution < 1.29 is 19.6 Å². The van der Waals surface area contributed by atoms with Gasteiger partial charge in [-0.15, -0.1) is 0 Å². The Morgan fingerprint density at radius 2 is 2.00 bits per heavy atom. The molecular formula is C20H24N4O4. The zero-order valence-corrected chi connectivity index (χ0v) is 15.8. The summed E-state index contributed by atoms with van der Waals surface area (Å²) in [5.74, 6) is -1.63. The van der Waals surface area contributed by atoms with Crippen molar-refractivity contribution in [2.24, 2.45) is 0 Å². The van der Waals surface area contributed by atoms with Gasteiger partial charge in [0.25, 0.3) is 0 Å². The lowest BCUT2D eigenvalue weighted by atomic mass is 10.0. The van der Waals surface area contributed by atoms with E-state index in [4.69, 9.17) is 5.21 Å². The number of hydrogen-bond donors (Lipinski definition) is 5. The van der Waals surface area contributed by atoms with E-state index in [1.807, 2.05) is 30.5 Å². The Hall–Kier alpha value is -3.39. The highest BCUT2D eigenvalue weighted by atomic mass is 16.5. The Bertz CT molecular complexity index is 914. The summed E-state index contributed by atoms with van der Waals surface area (Å²) in [6.07, 6.45) is 6.54. The molecule has 8 nitrogen and oxygen atoms in total. The Labute approximate surface area is 162 Å². The van der Waals surface area contributed by atoms with Gasteiger partial charge in [0.05, 0.1) is 6.42 Å². The van der Waals surface area contributed by atoms with E-state index in [1.165, 1.54) is 18.6 Å². The highest BCUT2D eigenvalue weighted by Crippen LogP contribution is 2.19. The van der Waals surface area contributed by atoms with Gasteiger partial charge >= 0.3 is 0 Å². The summed E-state index contributed by atoms with van der Waals surface area (Å²) in [7, 11) is 1.49. The normalized spacial score (nSPS) is 12.8. The van der Waals surface area contributed by atoms with E-state index in [0.717, 1.165) is 16.5 Å². The average molecular weight is 384 g/mol. The van der Waals surface area contributed by atoms with Gasteiger partial charge in [0, 0.05) is 36.1 Å². The van der Waals surface area contributed by atoms with Crippen molar-refractivity contribution in [3.63, 3.8) is 0 Å². The number of hydrogen-bond acceptors (Lipinski definition) is 4. The molecule has 2 rings (SSSR count). The number of nitrogens with one attached hydrogen (secondary N) is 4. The SMILES string of the molecule is C/C=C/C=C(\CC(=O)NO)C(=O)N[C@@H](Cc1c[nH]c2ccccc12)C(=O)NC. The van der Waals surface area contributed by atoms with E-state index in [1.54, 1.807) is 19.1 Å². The van der Waals surface area contributed by atoms with Gasteiger partial charge in [0.15, 0.2) is 0 Å². The third kappa shape index (κ3) is 5.31. The number of para-hydroxylation sites is 1. The van der Waals surface area contributed by atoms with Crippen molar-refractivity contribution in [1.82, 2.24) is 21.1 Å². The molecule has 0 fully saturated rings. The van der Waals surface area contributed by atoms with Gasteiger partial charge in [-0.2, -0.15) is 0 Å². The fourth-order valence-electron chi connectivity index (χ4n) is 2.79. The van der Waals surface area contributed by atoms with Gasteiger partial charge in [0.2, 0.25) is 17.7 Å². The van der Waals surface area contributed by atoms with Crippen LogP contribution in [0.2, 0.25) is 0 Å². The molecule has 0 aliphatic carbocycles. The molecule has 0 aliphatic rings. The summed E-state index contributed by atoms with van der Waals surface area (Å²) in [4.78, 5) is 39.6. The Morgan fingerprint density at radius 1 is 1.25 bits per heavy atom. The standard InChI is InChI=1S/C20H24N4O4/c1-3-4-7-13(11-18(25)24-28)19(26)23-17(20(27)21-2)10-14-12-22-16-9-6-5-8-15(14)16/h3-9,12,17,22,28H,10-11H2,1-2H3,(H,21,27)(H,23,26)(H,24,25)/b4-3+,13-7+/t17-/m0/s1. The molecule has 148 valence electrons. The molecule has 8 heteroatoms. The van der Waals surface area contributed by atoms with Crippen molar-refractivity contribution in [1.29, 1.82) is 0 Å². The highest BCUT2D eigenvalue weighted by Gasteiger charge is 2.24. The highest BCUT2D eigenvalue weighted by molar-refractivity contribution is 6.01. The van der Waals surface area contributed by atoms with Crippen molar-refractivity contribution in [3.8, 4) is 0 Å². The topological polar surface area (TPSA) is 123 Å². The number of benzene rings is 1. The number of fused-ring (bicyclic) bond motifs is 1. The number of rotatable bonds is 8. The summed E-state index contributed by atoms with van der Waals surface area (Å²) in [6, 6.07) is 6.84. The number of carbonyl (C=O) groups excluding carboxylic acids is 3. The number of allylic oxidation sites excluding steroid dienone is 3. The van der Waals surface area contributed by atoms with E-state index >= 15 is 0 Å². The first kappa shape index (κ1) is 20.9. The fourth-order valence-corrected chi connectivity index (χ4v) is 2.79. The summed E-state index contributed by atoms with van der Waals surface area (Å²) in [5, 5.41) is 14.9. The van der Waals surface area contributed by atoms with Crippen LogP contribution in [0.3, 0.4) is 0 Å². The first-order chi connectivity index (χ1) is 13.5. The molecule has 0 radical (unpaired) electrons. The van der Waals surface area contributed by atoms with E-state index in [2.05, 4.69) is 15.6 Å². The molecular weight excluding hydrogens is 360 g/mol. The number of amides is 3. The van der Waals surface area contributed by atoms with Crippen LogP contribution >= 0.6 is 0 Å². The smallest absolute Gasteiger partial charge is 0.248 e. The van der Waals surface area contributed by atoms with E-state index < -0.39 is 17.9 Å². The van der Waals surface area contributed by atoms with E-state index in [0.29, 0.717) is 0 Å². The van der Waals surface area contributed by atoms with Crippen LogP contribution in [-0.4, -0.2) is 41.0 Å². The Balaban J connectivity index is 2.23. The lowest BCUT2D eigenvalue weighted by Crippen LogP contribution is -2.47. The van der Waals surface area contributed by atoms with Gasteiger partial charge in [-0.05, 0) is 18.6 Å². The molecule has 3 amide bonds. The van der Waals surface area contributed by atoms with Crippen LogP contribution in [0.15, 0.2) is 54.3 Å². The molecule has 0 spiro atoms. The van der Waals surface area contributed by atoms with Gasteiger partial charge in [-0.25, -0.2) is 5.48 Å². The van der Waals surface area contributed by atoms with Crippen LogP contribution in [0.5, 0.6) is 0 Å². The van der Waals surface area contributed by atoms with Crippen molar-refractivity contribution in [2.45, 2.75) is 25.8 Å². The minimum atomic E-state index is -0.831.